The lowest BCUT2D eigenvalue weighted by Crippen LogP contribution is -2.39. The van der Waals surface area contributed by atoms with Crippen molar-refractivity contribution in [3.05, 3.63) is 36.2 Å². The largest absolute Gasteiger partial charge is 0.375 e. The van der Waals surface area contributed by atoms with Gasteiger partial charge in [-0.3, -0.25) is 5.10 Å². The van der Waals surface area contributed by atoms with Gasteiger partial charge in [0, 0.05) is 17.5 Å². The van der Waals surface area contributed by atoms with Crippen LogP contribution in [0, 0.1) is 5.41 Å². The smallest absolute Gasteiger partial charge is 0.0902 e. The second kappa shape index (κ2) is 5.70. The second-order valence-corrected chi connectivity index (χ2v) is 5.57. The summed E-state index contributed by atoms with van der Waals surface area (Å²) in [6.07, 6.45) is 11.8. The van der Waals surface area contributed by atoms with Crippen molar-refractivity contribution < 1.29 is 4.74 Å². The lowest BCUT2D eigenvalue weighted by molar-refractivity contribution is -0.0543. The van der Waals surface area contributed by atoms with Gasteiger partial charge in [0.2, 0.25) is 0 Å². The van der Waals surface area contributed by atoms with Crippen molar-refractivity contribution in [1.29, 1.82) is 0 Å². The van der Waals surface area contributed by atoms with E-state index >= 15 is 0 Å². The Kier molecular flexibility index (Phi) is 4.20. The number of hydrogen-bond acceptors (Lipinski definition) is 3. The van der Waals surface area contributed by atoms with Crippen LogP contribution in [-0.4, -0.2) is 27.6 Å². The Bertz CT molecular complexity index is 450. The van der Waals surface area contributed by atoms with E-state index in [1.807, 2.05) is 6.20 Å². The summed E-state index contributed by atoms with van der Waals surface area (Å²) < 4.78 is 6.13. The Morgan fingerprint density at radius 1 is 1.42 bits per heavy atom. The number of hydrogen-bond donors (Lipinski definition) is 1. The zero-order valence-corrected chi connectivity index (χ0v) is 12.1. The Morgan fingerprint density at radius 3 is 2.79 bits per heavy atom. The fourth-order valence-corrected chi connectivity index (χ4v) is 2.85. The van der Waals surface area contributed by atoms with Crippen LogP contribution in [0.5, 0.6) is 0 Å². The fourth-order valence-electron chi connectivity index (χ4n) is 2.85. The minimum atomic E-state index is -0.0926. The van der Waals surface area contributed by atoms with Gasteiger partial charge < -0.3 is 4.74 Å². The molecule has 0 fully saturated rings. The molecule has 1 aliphatic rings. The minimum absolute atomic E-state index is 0.0926. The average Bonchev–Trinajstić information content (AvgIpc) is 2.89. The first kappa shape index (κ1) is 14.0. The standard InChI is InChI=1S/C15H23N3O/c1-5-14(19-11(2)3)15(4)9-7-6-8-12(15)13-10-16-18-17-13/h6-12,14H,5H2,1-4H3,(H,16,17,18). The highest BCUT2D eigenvalue weighted by atomic mass is 16.5. The highest BCUT2D eigenvalue weighted by Crippen LogP contribution is 2.44. The molecule has 1 heterocycles. The zero-order valence-electron chi connectivity index (χ0n) is 12.1. The van der Waals surface area contributed by atoms with E-state index in [4.69, 9.17) is 4.74 Å². The van der Waals surface area contributed by atoms with Gasteiger partial charge in [0.25, 0.3) is 0 Å². The van der Waals surface area contributed by atoms with Gasteiger partial charge in [-0.25, -0.2) is 0 Å². The molecule has 4 nitrogen and oxygen atoms in total. The maximum absolute atomic E-state index is 6.13. The van der Waals surface area contributed by atoms with E-state index in [1.165, 1.54) is 0 Å². The molecule has 1 N–H and O–H groups in total. The van der Waals surface area contributed by atoms with Crippen molar-refractivity contribution in [1.82, 2.24) is 15.4 Å². The molecule has 0 aliphatic heterocycles. The first-order valence-corrected chi connectivity index (χ1v) is 6.95. The molecule has 4 heteroatoms. The van der Waals surface area contributed by atoms with Crippen LogP contribution in [0.15, 0.2) is 30.5 Å². The Balaban J connectivity index is 2.31. The van der Waals surface area contributed by atoms with E-state index in [0.29, 0.717) is 0 Å². The van der Waals surface area contributed by atoms with Crippen LogP contribution in [0.25, 0.3) is 0 Å². The van der Waals surface area contributed by atoms with E-state index in [9.17, 15) is 0 Å². The van der Waals surface area contributed by atoms with Crippen LogP contribution in [-0.2, 0) is 4.74 Å². The molecule has 1 aromatic rings. The molecule has 0 amide bonds. The van der Waals surface area contributed by atoms with Crippen LogP contribution in [0.2, 0.25) is 0 Å². The van der Waals surface area contributed by atoms with Gasteiger partial charge in [-0.05, 0) is 20.3 Å². The van der Waals surface area contributed by atoms with Crippen molar-refractivity contribution in [3.8, 4) is 0 Å². The number of aromatic amines is 1. The van der Waals surface area contributed by atoms with Crippen LogP contribution < -0.4 is 0 Å². The van der Waals surface area contributed by atoms with Gasteiger partial charge in [-0.2, -0.15) is 0 Å². The van der Waals surface area contributed by atoms with E-state index in [2.05, 4.69) is 67.4 Å². The van der Waals surface area contributed by atoms with Gasteiger partial charge in [0.05, 0.1) is 17.9 Å². The monoisotopic (exact) mass is 261 g/mol. The zero-order chi connectivity index (χ0) is 13.9. The van der Waals surface area contributed by atoms with E-state index < -0.39 is 0 Å². The highest BCUT2D eigenvalue weighted by Gasteiger charge is 2.41. The summed E-state index contributed by atoms with van der Waals surface area (Å²) in [6.45, 7) is 8.58. The highest BCUT2D eigenvalue weighted by molar-refractivity contribution is 5.29. The summed E-state index contributed by atoms with van der Waals surface area (Å²) >= 11 is 0. The fraction of sp³-hybridized carbons (Fsp3) is 0.600. The van der Waals surface area contributed by atoms with E-state index in [-0.39, 0.29) is 23.5 Å². The van der Waals surface area contributed by atoms with Crippen molar-refractivity contribution in [2.75, 3.05) is 0 Å². The molecule has 19 heavy (non-hydrogen) atoms. The van der Waals surface area contributed by atoms with E-state index in [0.717, 1.165) is 12.1 Å². The predicted molar refractivity (Wildman–Crippen MR) is 75.8 cm³/mol. The summed E-state index contributed by atoms with van der Waals surface area (Å²) in [5.41, 5.74) is 0.874. The van der Waals surface area contributed by atoms with Crippen LogP contribution in [0.4, 0.5) is 0 Å². The summed E-state index contributed by atoms with van der Waals surface area (Å²) in [4.78, 5) is 0. The van der Waals surface area contributed by atoms with Crippen molar-refractivity contribution in [2.24, 2.45) is 5.41 Å². The van der Waals surface area contributed by atoms with Gasteiger partial charge in [0.15, 0.2) is 0 Å². The summed E-state index contributed by atoms with van der Waals surface area (Å²) in [6, 6.07) is 0. The quantitative estimate of drug-likeness (QED) is 0.885. The lowest BCUT2D eigenvalue weighted by Gasteiger charge is -2.41. The minimum Gasteiger partial charge on any atom is -0.375 e. The number of nitrogens with zero attached hydrogens (tertiary/aromatic N) is 2. The van der Waals surface area contributed by atoms with Gasteiger partial charge >= 0.3 is 0 Å². The van der Waals surface area contributed by atoms with Crippen LogP contribution in [0.1, 0.15) is 45.7 Å². The number of aromatic nitrogens is 3. The second-order valence-electron chi connectivity index (χ2n) is 5.57. The lowest BCUT2D eigenvalue weighted by atomic mass is 9.68. The molecular formula is C15H23N3O. The number of ether oxygens (including phenoxy) is 1. The van der Waals surface area contributed by atoms with Gasteiger partial charge in [-0.1, -0.05) is 43.4 Å². The SMILES string of the molecule is CCC(OC(C)C)C1(C)C=CC=CC1c1c[nH]nn1. The number of H-pyrrole nitrogens is 1. The topological polar surface area (TPSA) is 50.8 Å². The summed E-state index contributed by atoms with van der Waals surface area (Å²) in [7, 11) is 0. The van der Waals surface area contributed by atoms with Gasteiger partial charge in [0.1, 0.15) is 0 Å². The number of rotatable bonds is 5. The third kappa shape index (κ3) is 2.78. The molecule has 0 bridgehead atoms. The van der Waals surface area contributed by atoms with Crippen molar-refractivity contribution in [2.45, 2.75) is 52.2 Å². The molecular weight excluding hydrogens is 238 g/mol. The Labute approximate surface area is 114 Å². The van der Waals surface area contributed by atoms with Crippen LogP contribution in [0.3, 0.4) is 0 Å². The first-order valence-electron chi connectivity index (χ1n) is 6.95. The summed E-state index contributed by atoms with van der Waals surface area (Å²) in [5, 5.41) is 10.8. The van der Waals surface area contributed by atoms with Crippen LogP contribution >= 0.6 is 0 Å². The molecule has 3 unspecified atom stereocenters. The van der Waals surface area contributed by atoms with E-state index in [1.54, 1.807) is 0 Å². The molecule has 104 valence electrons. The normalized spacial score (nSPS) is 27.9. The molecule has 0 spiro atoms. The molecule has 3 atom stereocenters. The maximum Gasteiger partial charge on any atom is 0.0902 e. The molecule has 2 rings (SSSR count). The Hall–Kier alpha value is -1.42. The molecule has 0 saturated heterocycles. The number of allylic oxidation sites excluding steroid dienone is 3. The molecule has 1 aliphatic carbocycles. The van der Waals surface area contributed by atoms with Gasteiger partial charge in [-0.15, -0.1) is 5.10 Å². The molecule has 0 aromatic carbocycles. The van der Waals surface area contributed by atoms with Crippen molar-refractivity contribution in [3.63, 3.8) is 0 Å². The Morgan fingerprint density at radius 2 is 2.21 bits per heavy atom. The van der Waals surface area contributed by atoms with Crippen molar-refractivity contribution >= 4 is 0 Å². The maximum atomic E-state index is 6.13. The third-order valence-corrected chi connectivity index (χ3v) is 3.80. The first-order chi connectivity index (χ1) is 9.08. The predicted octanol–water partition coefficient (Wildman–Crippen LogP) is 3.22. The molecule has 1 aromatic heterocycles. The molecule has 0 radical (unpaired) electrons. The average molecular weight is 261 g/mol. The molecule has 0 saturated carbocycles. The number of nitrogens with one attached hydrogen (secondary N) is 1. The third-order valence-electron chi connectivity index (χ3n) is 3.80. The summed E-state index contributed by atoms with van der Waals surface area (Å²) in [5.74, 6) is 0.194.